The monoisotopic (exact) mass is 281 g/mol. The van der Waals surface area contributed by atoms with Crippen molar-refractivity contribution in [3.63, 3.8) is 0 Å². The van der Waals surface area contributed by atoms with E-state index in [9.17, 15) is 4.79 Å². The Balaban J connectivity index is 2.26. The Labute approximate surface area is 119 Å². The zero-order valence-corrected chi connectivity index (χ0v) is 12.1. The zero-order chi connectivity index (χ0) is 14.8. The molecule has 1 rings (SSSR count). The summed E-state index contributed by atoms with van der Waals surface area (Å²) in [5.74, 6) is 5.49. The van der Waals surface area contributed by atoms with E-state index >= 15 is 0 Å². The molecule has 6 heteroatoms. The number of benzene rings is 1. The largest absolute Gasteiger partial charge is 0.492 e. The molecule has 3 N–H and O–H groups in total. The third-order valence-electron chi connectivity index (χ3n) is 2.88. The van der Waals surface area contributed by atoms with Crippen molar-refractivity contribution >= 4 is 5.91 Å². The normalized spacial score (nSPS) is 10.6. The van der Waals surface area contributed by atoms with Gasteiger partial charge >= 0.3 is 0 Å². The van der Waals surface area contributed by atoms with Gasteiger partial charge in [0.15, 0.2) is 0 Å². The number of nitrogen functional groups attached to an aromatic ring is 1. The maximum Gasteiger partial charge on any atom is 0.265 e. The fourth-order valence-corrected chi connectivity index (χ4v) is 1.70. The van der Waals surface area contributed by atoms with Gasteiger partial charge in [-0.3, -0.25) is 10.2 Å². The van der Waals surface area contributed by atoms with Crippen LogP contribution >= 0.6 is 0 Å². The lowest BCUT2D eigenvalue weighted by Crippen LogP contribution is -2.29. The highest BCUT2D eigenvalue weighted by Gasteiger charge is 2.03. The molecule has 0 atom stereocenters. The second kappa shape index (κ2) is 9.30. The summed E-state index contributed by atoms with van der Waals surface area (Å²) in [5.41, 5.74) is 2.60. The molecule has 6 nitrogen and oxygen atoms in total. The van der Waals surface area contributed by atoms with Crippen molar-refractivity contribution in [1.29, 1.82) is 0 Å². The molecule has 1 aromatic carbocycles. The van der Waals surface area contributed by atoms with Crippen LogP contribution in [0.3, 0.4) is 0 Å². The number of carbonyl (C=O) groups is 1. The maximum atomic E-state index is 11.3. The number of hydrogen-bond donors (Lipinski definition) is 2. The minimum Gasteiger partial charge on any atom is -0.492 e. The van der Waals surface area contributed by atoms with Gasteiger partial charge in [0.1, 0.15) is 12.4 Å². The zero-order valence-electron chi connectivity index (χ0n) is 12.1. The number of likely N-dealkylation sites (N-methyl/N-ethyl adjacent to an activating group) is 1. The van der Waals surface area contributed by atoms with E-state index in [0.717, 1.165) is 31.9 Å². The lowest BCUT2D eigenvalue weighted by Gasteiger charge is -2.16. The van der Waals surface area contributed by atoms with Crippen molar-refractivity contribution < 1.29 is 14.3 Å². The summed E-state index contributed by atoms with van der Waals surface area (Å²) in [6.45, 7) is 3.20. The van der Waals surface area contributed by atoms with Crippen molar-refractivity contribution in [2.75, 3.05) is 40.5 Å². The first-order valence-corrected chi connectivity index (χ1v) is 6.58. The Morgan fingerprint density at radius 1 is 1.25 bits per heavy atom. The molecule has 112 valence electrons. The maximum absolute atomic E-state index is 11.3. The molecule has 1 amide bonds. The number of amides is 1. The van der Waals surface area contributed by atoms with Crippen LogP contribution in [0.1, 0.15) is 16.8 Å². The van der Waals surface area contributed by atoms with Crippen molar-refractivity contribution in [3.8, 4) is 5.75 Å². The molecule has 0 aromatic heterocycles. The molecule has 0 aliphatic carbocycles. The number of methoxy groups -OCH3 is 1. The fraction of sp³-hybridized carbons (Fsp3) is 0.500. The van der Waals surface area contributed by atoms with E-state index in [1.165, 1.54) is 0 Å². The predicted molar refractivity (Wildman–Crippen MR) is 77.6 cm³/mol. The molecule has 20 heavy (non-hydrogen) atoms. The SMILES string of the molecule is COCCCN(C)CCOc1ccc(C(=O)NN)cc1. The number of carbonyl (C=O) groups excluding carboxylic acids is 1. The summed E-state index contributed by atoms with van der Waals surface area (Å²) in [7, 11) is 3.76. The Bertz CT molecular complexity index is 395. The number of nitrogens with two attached hydrogens (primary N) is 1. The second-order valence-electron chi connectivity index (χ2n) is 4.50. The minimum atomic E-state index is -0.311. The molecule has 0 saturated carbocycles. The van der Waals surface area contributed by atoms with Crippen LogP contribution in [0.2, 0.25) is 0 Å². The van der Waals surface area contributed by atoms with Crippen LogP contribution in [-0.4, -0.2) is 51.3 Å². The minimum absolute atomic E-state index is 0.311. The fourth-order valence-electron chi connectivity index (χ4n) is 1.70. The number of nitrogens with zero attached hydrogens (tertiary/aromatic N) is 1. The Hall–Kier alpha value is -1.63. The number of rotatable bonds is 9. The average Bonchev–Trinajstić information content (AvgIpc) is 2.47. The summed E-state index contributed by atoms with van der Waals surface area (Å²) in [4.78, 5) is 13.4. The van der Waals surface area contributed by atoms with E-state index in [4.69, 9.17) is 15.3 Å². The average molecular weight is 281 g/mol. The highest BCUT2D eigenvalue weighted by Crippen LogP contribution is 2.11. The third-order valence-corrected chi connectivity index (χ3v) is 2.88. The summed E-state index contributed by atoms with van der Waals surface area (Å²) in [6, 6.07) is 6.88. The van der Waals surface area contributed by atoms with E-state index in [-0.39, 0.29) is 5.91 Å². The van der Waals surface area contributed by atoms with Crippen LogP contribution in [0.15, 0.2) is 24.3 Å². The lowest BCUT2D eigenvalue weighted by atomic mass is 10.2. The molecular weight excluding hydrogens is 258 g/mol. The van der Waals surface area contributed by atoms with Crippen LogP contribution in [-0.2, 0) is 4.74 Å². The molecule has 0 spiro atoms. The summed E-state index contributed by atoms with van der Waals surface area (Å²) < 4.78 is 10.6. The number of ether oxygens (including phenoxy) is 2. The van der Waals surface area contributed by atoms with E-state index in [1.54, 1.807) is 31.4 Å². The van der Waals surface area contributed by atoms with Gasteiger partial charge in [0, 0.05) is 32.4 Å². The van der Waals surface area contributed by atoms with Crippen molar-refractivity contribution in [1.82, 2.24) is 10.3 Å². The molecule has 0 aliphatic heterocycles. The van der Waals surface area contributed by atoms with Gasteiger partial charge in [-0.1, -0.05) is 0 Å². The Morgan fingerprint density at radius 2 is 1.95 bits per heavy atom. The molecule has 0 saturated heterocycles. The van der Waals surface area contributed by atoms with Crippen molar-refractivity contribution in [2.24, 2.45) is 5.84 Å². The highest BCUT2D eigenvalue weighted by atomic mass is 16.5. The smallest absolute Gasteiger partial charge is 0.265 e. The van der Waals surface area contributed by atoms with Gasteiger partial charge in [-0.25, -0.2) is 5.84 Å². The molecule has 0 aliphatic rings. The molecule has 0 fully saturated rings. The lowest BCUT2D eigenvalue weighted by molar-refractivity contribution is 0.0953. The Morgan fingerprint density at radius 3 is 2.55 bits per heavy atom. The Kier molecular flexibility index (Phi) is 7.64. The van der Waals surface area contributed by atoms with Crippen LogP contribution < -0.4 is 16.0 Å². The van der Waals surface area contributed by atoms with Gasteiger partial charge in [0.2, 0.25) is 0 Å². The summed E-state index contributed by atoms with van der Waals surface area (Å²) in [5, 5.41) is 0. The summed E-state index contributed by atoms with van der Waals surface area (Å²) in [6.07, 6.45) is 1.01. The third kappa shape index (κ3) is 6.01. The van der Waals surface area contributed by atoms with E-state index in [1.807, 2.05) is 7.05 Å². The molecule has 1 aromatic rings. The second-order valence-corrected chi connectivity index (χ2v) is 4.50. The summed E-state index contributed by atoms with van der Waals surface area (Å²) >= 11 is 0. The predicted octanol–water partition coefficient (Wildman–Crippen LogP) is 0.637. The molecular formula is C14H23N3O3. The van der Waals surface area contributed by atoms with Gasteiger partial charge in [0.25, 0.3) is 5.91 Å². The van der Waals surface area contributed by atoms with E-state index < -0.39 is 0 Å². The van der Waals surface area contributed by atoms with Crippen LogP contribution in [0.5, 0.6) is 5.75 Å². The van der Waals surface area contributed by atoms with Crippen LogP contribution in [0.4, 0.5) is 0 Å². The molecule has 0 heterocycles. The van der Waals surface area contributed by atoms with Crippen LogP contribution in [0.25, 0.3) is 0 Å². The van der Waals surface area contributed by atoms with E-state index in [0.29, 0.717) is 12.2 Å². The van der Waals surface area contributed by atoms with Gasteiger partial charge in [-0.15, -0.1) is 0 Å². The number of nitrogens with one attached hydrogen (secondary N) is 1. The van der Waals surface area contributed by atoms with E-state index in [2.05, 4.69) is 10.3 Å². The van der Waals surface area contributed by atoms with Crippen molar-refractivity contribution in [2.45, 2.75) is 6.42 Å². The molecule has 0 radical (unpaired) electrons. The molecule has 0 bridgehead atoms. The van der Waals surface area contributed by atoms with Crippen molar-refractivity contribution in [3.05, 3.63) is 29.8 Å². The van der Waals surface area contributed by atoms with Gasteiger partial charge in [-0.2, -0.15) is 0 Å². The number of hydrazine groups is 1. The quantitative estimate of drug-likeness (QED) is 0.301. The number of hydrogen-bond acceptors (Lipinski definition) is 5. The van der Waals surface area contributed by atoms with Gasteiger partial charge < -0.3 is 14.4 Å². The van der Waals surface area contributed by atoms with Gasteiger partial charge in [-0.05, 0) is 37.7 Å². The first-order valence-electron chi connectivity index (χ1n) is 6.58. The first-order chi connectivity index (χ1) is 9.67. The standard InChI is InChI=1S/C14H23N3O3/c1-17(8-3-10-19-2)9-11-20-13-6-4-12(5-7-13)14(18)16-15/h4-7H,3,8-11,15H2,1-2H3,(H,16,18). The topological polar surface area (TPSA) is 76.8 Å². The molecule has 0 unspecified atom stereocenters. The van der Waals surface area contributed by atoms with Gasteiger partial charge in [0.05, 0.1) is 0 Å². The van der Waals surface area contributed by atoms with Crippen LogP contribution in [0, 0.1) is 0 Å². The first kappa shape index (κ1) is 16.4. The highest BCUT2D eigenvalue weighted by molar-refractivity contribution is 5.93.